The molecule has 4 heteroatoms. The van der Waals surface area contributed by atoms with E-state index in [1.165, 1.54) is 0 Å². The molecular formula is C6H12ClNO2. The van der Waals surface area contributed by atoms with Crippen LogP contribution in [0.3, 0.4) is 0 Å². The number of carboxylic acids is 1. The molecule has 1 aliphatic heterocycles. The Labute approximate surface area is 66.4 Å². The minimum atomic E-state index is -0.673. The fourth-order valence-corrected chi connectivity index (χ4v) is 1.20. The number of halogens is 1. The third-order valence-corrected chi connectivity index (χ3v) is 1.60. The minimum absolute atomic E-state index is 0. The van der Waals surface area contributed by atoms with Gasteiger partial charge in [-0.2, -0.15) is 0 Å². The van der Waals surface area contributed by atoms with E-state index >= 15 is 0 Å². The summed E-state index contributed by atoms with van der Waals surface area (Å²) in [7, 11) is 2.00. The van der Waals surface area contributed by atoms with Gasteiger partial charge in [0.25, 0.3) is 0 Å². The molecule has 10 heavy (non-hydrogen) atoms. The third kappa shape index (κ3) is 2.54. The fourth-order valence-electron chi connectivity index (χ4n) is 1.20. The largest absolute Gasteiger partial charge is 0.481 e. The topological polar surface area (TPSA) is 40.5 Å². The zero-order valence-electron chi connectivity index (χ0n) is 5.91. The van der Waals surface area contributed by atoms with Gasteiger partial charge in [-0.05, 0) is 13.0 Å². The summed E-state index contributed by atoms with van der Waals surface area (Å²) in [5.74, 6) is -0.263. The van der Waals surface area contributed by atoms with Crippen molar-refractivity contribution < 1.29 is 9.90 Å². The number of hydrogen-bond acceptors (Lipinski definition) is 2. The van der Waals surface area contributed by atoms with Crippen LogP contribution >= 0.6 is 12.4 Å². The van der Waals surface area contributed by atoms with E-state index in [0.29, 0.717) is 12.3 Å². The summed E-state index contributed by atoms with van der Waals surface area (Å²) in [6.45, 7) is 1.90. The van der Waals surface area contributed by atoms with Crippen molar-refractivity contribution in [3.05, 3.63) is 0 Å². The maximum atomic E-state index is 10.1. The summed E-state index contributed by atoms with van der Waals surface area (Å²) in [6.07, 6.45) is 0.338. The second-order valence-corrected chi connectivity index (χ2v) is 2.69. The monoisotopic (exact) mass is 165 g/mol. The van der Waals surface area contributed by atoms with E-state index in [2.05, 4.69) is 4.90 Å². The lowest BCUT2D eigenvalue weighted by atomic mass is 9.98. The molecule has 1 rings (SSSR count). The van der Waals surface area contributed by atoms with Gasteiger partial charge < -0.3 is 10.0 Å². The Hall–Kier alpha value is -0.280. The average Bonchev–Trinajstić information content (AvgIpc) is 1.60. The van der Waals surface area contributed by atoms with Crippen LogP contribution in [0.15, 0.2) is 0 Å². The van der Waals surface area contributed by atoms with E-state index in [4.69, 9.17) is 5.11 Å². The standard InChI is InChI=1S/C6H11NO2.ClH/c1-7-3-5(4-7)2-6(8)9;/h5H,2-4H2,1H3,(H,8,9);1H. The number of carbonyl (C=O) groups is 1. The Morgan fingerprint density at radius 1 is 1.70 bits per heavy atom. The van der Waals surface area contributed by atoms with Crippen LogP contribution in [0.5, 0.6) is 0 Å². The smallest absolute Gasteiger partial charge is 0.303 e. The van der Waals surface area contributed by atoms with Gasteiger partial charge in [-0.3, -0.25) is 4.79 Å². The minimum Gasteiger partial charge on any atom is -0.481 e. The van der Waals surface area contributed by atoms with Crippen LogP contribution in [0.25, 0.3) is 0 Å². The molecular weight excluding hydrogens is 154 g/mol. The van der Waals surface area contributed by atoms with Crippen molar-refractivity contribution in [2.45, 2.75) is 6.42 Å². The predicted octanol–water partition coefficient (Wildman–Crippen LogP) is 0.444. The summed E-state index contributed by atoms with van der Waals surface area (Å²) >= 11 is 0. The third-order valence-electron chi connectivity index (χ3n) is 1.60. The van der Waals surface area contributed by atoms with E-state index in [-0.39, 0.29) is 12.4 Å². The van der Waals surface area contributed by atoms with Crippen molar-refractivity contribution >= 4 is 18.4 Å². The van der Waals surface area contributed by atoms with Gasteiger partial charge in [0.1, 0.15) is 0 Å². The van der Waals surface area contributed by atoms with Gasteiger partial charge in [-0.1, -0.05) is 0 Å². The van der Waals surface area contributed by atoms with Crippen LogP contribution < -0.4 is 0 Å². The molecule has 0 bridgehead atoms. The zero-order valence-corrected chi connectivity index (χ0v) is 6.73. The van der Waals surface area contributed by atoms with E-state index in [1.807, 2.05) is 7.05 Å². The van der Waals surface area contributed by atoms with Crippen molar-refractivity contribution in [2.24, 2.45) is 5.92 Å². The molecule has 1 saturated heterocycles. The highest BCUT2D eigenvalue weighted by atomic mass is 35.5. The van der Waals surface area contributed by atoms with Crippen LogP contribution in [0, 0.1) is 5.92 Å². The van der Waals surface area contributed by atoms with Gasteiger partial charge in [-0.25, -0.2) is 0 Å². The maximum absolute atomic E-state index is 10.1. The van der Waals surface area contributed by atoms with Crippen LogP contribution in [0.4, 0.5) is 0 Å². The van der Waals surface area contributed by atoms with Crippen LogP contribution in [0.1, 0.15) is 6.42 Å². The summed E-state index contributed by atoms with van der Waals surface area (Å²) in [4.78, 5) is 12.2. The van der Waals surface area contributed by atoms with Crippen molar-refractivity contribution in [3.63, 3.8) is 0 Å². The SMILES string of the molecule is CN1CC(CC(=O)O)C1.Cl. The molecule has 1 aliphatic rings. The Morgan fingerprint density at radius 3 is 2.50 bits per heavy atom. The Morgan fingerprint density at radius 2 is 2.20 bits per heavy atom. The lowest BCUT2D eigenvalue weighted by molar-refractivity contribution is -0.139. The van der Waals surface area contributed by atoms with E-state index < -0.39 is 5.97 Å². The maximum Gasteiger partial charge on any atom is 0.303 e. The number of carboxylic acid groups (broad SMARTS) is 1. The van der Waals surface area contributed by atoms with Crippen molar-refractivity contribution in [2.75, 3.05) is 20.1 Å². The number of hydrogen-bond donors (Lipinski definition) is 1. The number of likely N-dealkylation sites (tertiary alicyclic amines) is 1. The second kappa shape index (κ2) is 3.78. The molecule has 0 aliphatic carbocycles. The Kier molecular flexibility index (Phi) is 3.68. The molecule has 1 heterocycles. The molecule has 0 amide bonds. The van der Waals surface area contributed by atoms with Gasteiger partial charge in [0.05, 0.1) is 6.42 Å². The van der Waals surface area contributed by atoms with Gasteiger partial charge in [0, 0.05) is 13.1 Å². The Bertz CT molecular complexity index is 123. The van der Waals surface area contributed by atoms with E-state index in [9.17, 15) is 4.79 Å². The van der Waals surface area contributed by atoms with Gasteiger partial charge in [0.15, 0.2) is 0 Å². The molecule has 1 fully saturated rings. The number of aliphatic carboxylic acids is 1. The van der Waals surface area contributed by atoms with Crippen molar-refractivity contribution in [1.82, 2.24) is 4.90 Å². The first kappa shape index (κ1) is 9.72. The average molecular weight is 166 g/mol. The first-order valence-electron chi connectivity index (χ1n) is 3.09. The molecule has 0 saturated carbocycles. The molecule has 0 spiro atoms. The summed E-state index contributed by atoms with van der Waals surface area (Å²) in [6, 6.07) is 0. The molecule has 0 aromatic rings. The predicted molar refractivity (Wildman–Crippen MR) is 40.5 cm³/mol. The zero-order chi connectivity index (χ0) is 6.85. The lowest BCUT2D eigenvalue weighted by Gasteiger charge is -2.35. The van der Waals surface area contributed by atoms with Gasteiger partial charge in [-0.15, -0.1) is 12.4 Å². The van der Waals surface area contributed by atoms with Crippen LogP contribution in [0.2, 0.25) is 0 Å². The summed E-state index contributed by atoms with van der Waals surface area (Å²) in [5, 5.41) is 8.32. The highest BCUT2D eigenvalue weighted by Crippen LogP contribution is 2.15. The number of rotatable bonds is 2. The first-order chi connectivity index (χ1) is 4.18. The quantitative estimate of drug-likeness (QED) is 0.646. The van der Waals surface area contributed by atoms with Crippen molar-refractivity contribution in [3.8, 4) is 0 Å². The Balaban J connectivity index is 0.000000810. The van der Waals surface area contributed by atoms with E-state index in [1.54, 1.807) is 0 Å². The highest BCUT2D eigenvalue weighted by molar-refractivity contribution is 5.85. The molecule has 3 nitrogen and oxygen atoms in total. The summed E-state index contributed by atoms with van der Waals surface area (Å²) in [5.41, 5.74) is 0. The number of nitrogens with zero attached hydrogens (tertiary/aromatic N) is 1. The van der Waals surface area contributed by atoms with Gasteiger partial charge >= 0.3 is 5.97 Å². The van der Waals surface area contributed by atoms with Crippen LogP contribution in [-0.2, 0) is 4.79 Å². The highest BCUT2D eigenvalue weighted by Gasteiger charge is 2.24. The fraction of sp³-hybridized carbons (Fsp3) is 0.833. The molecule has 60 valence electrons. The van der Waals surface area contributed by atoms with Gasteiger partial charge in [0.2, 0.25) is 0 Å². The molecule has 1 N–H and O–H groups in total. The first-order valence-corrected chi connectivity index (χ1v) is 3.09. The molecule has 0 aromatic carbocycles. The van der Waals surface area contributed by atoms with Crippen molar-refractivity contribution in [1.29, 1.82) is 0 Å². The summed E-state index contributed by atoms with van der Waals surface area (Å²) < 4.78 is 0. The second-order valence-electron chi connectivity index (χ2n) is 2.69. The molecule has 0 radical (unpaired) electrons. The molecule has 0 aromatic heterocycles. The van der Waals surface area contributed by atoms with E-state index in [0.717, 1.165) is 13.1 Å². The lowest BCUT2D eigenvalue weighted by Crippen LogP contribution is -2.44. The molecule has 0 unspecified atom stereocenters. The van der Waals surface area contributed by atoms with Crippen LogP contribution in [-0.4, -0.2) is 36.1 Å². The molecule has 0 atom stereocenters. The normalized spacial score (nSPS) is 19.3.